The van der Waals surface area contributed by atoms with Crippen molar-refractivity contribution in [2.45, 2.75) is 6.92 Å². The van der Waals surface area contributed by atoms with E-state index in [1.165, 1.54) is 0 Å². The van der Waals surface area contributed by atoms with E-state index in [2.05, 4.69) is 4.98 Å². The van der Waals surface area contributed by atoms with E-state index in [0.717, 1.165) is 5.56 Å². The third-order valence-corrected chi connectivity index (χ3v) is 1.32. The lowest BCUT2D eigenvalue weighted by atomic mass is 10.3. The zero-order valence-corrected chi connectivity index (χ0v) is 6.93. The molecule has 0 aromatic carbocycles. The summed E-state index contributed by atoms with van der Waals surface area (Å²) in [7, 11) is 0. The maximum atomic E-state index is 8.00. The number of hydrogen-bond acceptors (Lipinski definition) is 3. The summed E-state index contributed by atoms with van der Waals surface area (Å²) in [5.74, 6) is 0. The first-order valence-electron chi connectivity index (χ1n) is 2.86. The molecule has 0 fully saturated rings. The SMILES string of the molecule is C=O.Cc1cnc(Cl)c(N)c1. The van der Waals surface area contributed by atoms with Crippen LogP contribution in [-0.4, -0.2) is 11.8 Å². The van der Waals surface area contributed by atoms with Gasteiger partial charge in [0.15, 0.2) is 5.15 Å². The summed E-state index contributed by atoms with van der Waals surface area (Å²) in [6.45, 7) is 3.92. The number of pyridine rings is 1. The first-order chi connectivity index (χ1) is 5.20. The summed E-state index contributed by atoms with van der Waals surface area (Å²) in [5, 5.41) is 0.376. The molecule has 0 saturated carbocycles. The van der Waals surface area contributed by atoms with E-state index < -0.39 is 0 Å². The van der Waals surface area contributed by atoms with Gasteiger partial charge in [-0.3, -0.25) is 0 Å². The van der Waals surface area contributed by atoms with Crippen LogP contribution in [0, 0.1) is 6.92 Å². The van der Waals surface area contributed by atoms with E-state index in [-0.39, 0.29) is 0 Å². The Bertz CT molecular complexity index is 240. The number of halogens is 1. The Morgan fingerprint density at radius 2 is 2.18 bits per heavy atom. The molecule has 0 aliphatic rings. The minimum absolute atomic E-state index is 0.376. The van der Waals surface area contributed by atoms with Crippen LogP contribution in [0.4, 0.5) is 5.69 Å². The van der Waals surface area contributed by atoms with Gasteiger partial charge in [0.25, 0.3) is 0 Å². The van der Waals surface area contributed by atoms with Gasteiger partial charge in [-0.25, -0.2) is 4.98 Å². The molecular formula is C7H9ClN2O. The van der Waals surface area contributed by atoms with Crippen molar-refractivity contribution in [3.8, 4) is 0 Å². The quantitative estimate of drug-likeness (QED) is 0.603. The van der Waals surface area contributed by atoms with E-state index in [4.69, 9.17) is 22.1 Å². The monoisotopic (exact) mass is 172 g/mol. The van der Waals surface area contributed by atoms with Gasteiger partial charge < -0.3 is 10.5 Å². The van der Waals surface area contributed by atoms with Crippen LogP contribution in [0.2, 0.25) is 5.15 Å². The molecule has 0 aliphatic heterocycles. The zero-order chi connectivity index (χ0) is 8.85. The van der Waals surface area contributed by atoms with Gasteiger partial charge in [0, 0.05) is 6.20 Å². The van der Waals surface area contributed by atoms with Crippen LogP contribution in [0.5, 0.6) is 0 Å². The van der Waals surface area contributed by atoms with Crippen molar-refractivity contribution in [2.75, 3.05) is 5.73 Å². The van der Waals surface area contributed by atoms with Gasteiger partial charge in [0.1, 0.15) is 6.79 Å². The number of nitrogens with two attached hydrogens (primary N) is 1. The van der Waals surface area contributed by atoms with E-state index in [1.807, 2.05) is 13.7 Å². The van der Waals surface area contributed by atoms with Crippen LogP contribution in [0.3, 0.4) is 0 Å². The molecule has 1 heterocycles. The van der Waals surface area contributed by atoms with Crippen molar-refractivity contribution >= 4 is 24.1 Å². The Morgan fingerprint density at radius 3 is 2.55 bits per heavy atom. The van der Waals surface area contributed by atoms with Gasteiger partial charge in [0.05, 0.1) is 5.69 Å². The summed E-state index contributed by atoms with van der Waals surface area (Å²) >= 11 is 5.54. The molecule has 0 radical (unpaired) electrons. The van der Waals surface area contributed by atoms with Crippen molar-refractivity contribution in [3.05, 3.63) is 23.0 Å². The minimum atomic E-state index is 0.376. The number of aryl methyl sites for hydroxylation is 1. The largest absolute Gasteiger partial charge is 0.396 e. The standard InChI is InChI=1S/C6H7ClN2.CH2O/c1-4-2-5(8)6(7)9-3-4;1-2/h2-3H,8H2,1H3;1H2. The van der Waals surface area contributed by atoms with Crippen LogP contribution in [-0.2, 0) is 4.79 Å². The number of rotatable bonds is 0. The predicted molar refractivity (Wildman–Crippen MR) is 45.5 cm³/mol. The van der Waals surface area contributed by atoms with E-state index in [0.29, 0.717) is 10.8 Å². The Kier molecular flexibility index (Phi) is 4.22. The fraction of sp³-hybridized carbons (Fsp3) is 0.143. The summed E-state index contributed by atoms with van der Waals surface area (Å²) in [5.41, 5.74) is 6.99. The Balaban J connectivity index is 0.000000461. The first-order valence-corrected chi connectivity index (χ1v) is 3.24. The smallest absolute Gasteiger partial charge is 0.151 e. The lowest BCUT2D eigenvalue weighted by molar-refractivity contribution is -0.0979. The maximum Gasteiger partial charge on any atom is 0.151 e. The minimum Gasteiger partial charge on any atom is -0.396 e. The molecular weight excluding hydrogens is 164 g/mol. The highest BCUT2D eigenvalue weighted by molar-refractivity contribution is 6.31. The number of carbonyl (C=O) groups is 1. The third-order valence-electron chi connectivity index (χ3n) is 1.00. The number of nitrogen functional groups attached to an aromatic ring is 1. The van der Waals surface area contributed by atoms with Crippen molar-refractivity contribution in [1.29, 1.82) is 0 Å². The molecule has 3 nitrogen and oxygen atoms in total. The Labute approximate surface area is 70.2 Å². The van der Waals surface area contributed by atoms with Crippen LogP contribution in [0.15, 0.2) is 12.3 Å². The number of aromatic nitrogens is 1. The van der Waals surface area contributed by atoms with Gasteiger partial charge in [-0.15, -0.1) is 0 Å². The second-order valence-corrected chi connectivity index (χ2v) is 2.25. The number of hydrogen-bond donors (Lipinski definition) is 1. The summed E-state index contributed by atoms with van der Waals surface area (Å²) < 4.78 is 0. The van der Waals surface area contributed by atoms with Gasteiger partial charge >= 0.3 is 0 Å². The van der Waals surface area contributed by atoms with Crippen LogP contribution >= 0.6 is 11.6 Å². The second kappa shape index (κ2) is 4.68. The zero-order valence-electron chi connectivity index (χ0n) is 6.17. The summed E-state index contributed by atoms with van der Waals surface area (Å²) in [6.07, 6.45) is 1.68. The molecule has 60 valence electrons. The third kappa shape index (κ3) is 3.00. The molecule has 0 unspecified atom stereocenters. The van der Waals surface area contributed by atoms with Crippen molar-refractivity contribution < 1.29 is 4.79 Å². The normalized spacial score (nSPS) is 8.18. The maximum absolute atomic E-state index is 8.00. The average molecular weight is 173 g/mol. The Morgan fingerprint density at radius 1 is 1.64 bits per heavy atom. The molecule has 2 N–H and O–H groups in total. The Hall–Kier alpha value is -1.09. The summed E-state index contributed by atoms with van der Waals surface area (Å²) in [4.78, 5) is 11.8. The number of nitrogens with zero attached hydrogens (tertiary/aromatic N) is 1. The lowest BCUT2D eigenvalue weighted by Crippen LogP contribution is -1.88. The van der Waals surface area contributed by atoms with Crippen LogP contribution in [0.1, 0.15) is 5.56 Å². The molecule has 1 rings (SSSR count). The number of anilines is 1. The topological polar surface area (TPSA) is 56.0 Å². The lowest BCUT2D eigenvalue weighted by Gasteiger charge is -1.95. The molecule has 1 aromatic rings. The first kappa shape index (κ1) is 9.91. The van der Waals surface area contributed by atoms with Gasteiger partial charge in [-0.05, 0) is 18.6 Å². The molecule has 1 aromatic heterocycles. The molecule has 11 heavy (non-hydrogen) atoms. The predicted octanol–water partition coefficient (Wildman–Crippen LogP) is 1.44. The van der Waals surface area contributed by atoms with Crippen LogP contribution in [0.25, 0.3) is 0 Å². The highest BCUT2D eigenvalue weighted by Gasteiger charge is 1.93. The van der Waals surface area contributed by atoms with Gasteiger partial charge in [-0.1, -0.05) is 11.6 Å². The molecule has 0 spiro atoms. The fourth-order valence-electron chi connectivity index (χ4n) is 0.575. The molecule has 0 aliphatic carbocycles. The molecule has 0 saturated heterocycles. The van der Waals surface area contributed by atoms with Crippen LogP contribution < -0.4 is 5.73 Å². The molecule has 4 heteroatoms. The fourth-order valence-corrected chi connectivity index (χ4v) is 0.678. The number of carbonyl (C=O) groups excluding carboxylic acids is 1. The van der Waals surface area contributed by atoms with Crippen molar-refractivity contribution in [3.63, 3.8) is 0 Å². The molecule has 0 atom stereocenters. The van der Waals surface area contributed by atoms with Crippen molar-refractivity contribution in [2.24, 2.45) is 0 Å². The van der Waals surface area contributed by atoms with Gasteiger partial charge in [0.2, 0.25) is 0 Å². The van der Waals surface area contributed by atoms with E-state index in [9.17, 15) is 0 Å². The van der Waals surface area contributed by atoms with Gasteiger partial charge in [-0.2, -0.15) is 0 Å². The van der Waals surface area contributed by atoms with E-state index >= 15 is 0 Å². The molecule has 0 amide bonds. The highest BCUT2D eigenvalue weighted by atomic mass is 35.5. The molecule has 0 bridgehead atoms. The highest BCUT2D eigenvalue weighted by Crippen LogP contribution is 2.14. The average Bonchev–Trinajstić information content (AvgIpc) is 2.02. The summed E-state index contributed by atoms with van der Waals surface area (Å²) in [6, 6.07) is 1.79. The van der Waals surface area contributed by atoms with Crippen molar-refractivity contribution in [1.82, 2.24) is 4.98 Å². The second-order valence-electron chi connectivity index (χ2n) is 1.89. The van der Waals surface area contributed by atoms with E-state index in [1.54, 1.807) is 12.3 Å².